The molecule has 0 atom stereocenters. The minimum Gasteiger partial charge on any atom is -0.507 e. The Bertz CT molecular complexity index is 594. The van der Waals surface area contributed by atoms with Gasteiger partial charge in [-0.25, -0.2) is 4.79 Å². The Hall–Kier alpha value is -2.62. The first kappa shape index (κ1) is 11.9. The number of benzene rings is 1. The maximum atomic E-state index is 11.8. The van der Waals surface area contributed by atoms with Crippen LogP contribution in [0.2, 0.25) is 0 Å². The van der Waals surface area contributed by atoms with Crippen molar-refractivity contribution in [2.75, 3.05) is 0 Å². The van der Waals surface area contributed by atoms with Crippen molar-refractivity contribution >= 4 is 11.8 Å². The third kappa shape index (κ3) is 2.22. The van der Waals surface area contributed by atoms with Gasteiger partial charge in [0, 0.05) is 5.57 Å². The second-order valence-electron chi connectivity index (χ2n) is 3.65. The topological polar surface area (TPSA) is 63.6 Å². The highest BCUT2D eigenvalue weighted by Gasteiger charge is 2.21. The van der Waals surface area contributed by atoms with Crippen LogP contribution in [0.5, 0.6) is 5.75 Å². The van der Waals surface area contributed by atoms with Gasteiger partial charge in [0.15, 0.2) is 5.76 Å². The van der Waals surface area contributed by atoms with Crippen LogP contribution in [0.1, 0.15) is 10.4 Å². The molecule has 0 unspecified atom stereocenters. The van der Waals surface area contributed by atoms with E-state index in [2.05, 4.69) is 6.58 Å². The second-order valence-corrected chi connectivity index (χ2v) is 3.65. The van der Waals surface area contributed by atoms with Crippen LogP contribution in [0, 0.1) is 0 Å². The number of para-hydroxylation sites is 1. The molecular weight excluding hydrogens is 232 g/mol. The Kier molecular flexibility index (Phi) is 3.10. The Balaban J connectivity index is 2.21. The van der Waals surface area contributed by atoms with Crippen LogP contribution in [0.15, 0.2) is 60.4 Å². The van der Waals surface area contributed by atoms with Crippen LogP contribution >= 0.6 is 0 Å². The highest BCUT2D eigenvalue weighted by atomic mass is 16.5. The Morgan fingerprint density at radius 2 is 2.00 bits per heavy atom. The molecule has 90 valence electrons. The van der Waals surface area contributed by atoms with Crippen molar-refractivity contribution in [2.45, 2.75) is 0 Å². The highest BCUT2D eigenvalue weighted by molar-refractivity contribution is 6.11. The number of carbonyl (C=O) groups is 2. The highest BCUT2D eigenvalue weighted by Crippen LogP contribution is 2.20. The fourth-order valence-corrected chi connectivity index (χ4v) is 1.44. The van der Waals surface area contributed by atoms with E-state index in [4.69, 9.17) is 4.74 Å². The number of esters is 1. The molecule has 0 aliphatic heterocycles. The summed E-state index contributed by atoms with van der Waals surface area (Å²) < 4.78 is 4.94. The molecule has 0 spiro atoms. The zero-order valence-electron chi connectivity index (χ0n) is 9.42. The number of rotatable bonds is 2. The first-order chi connectivity index (χ1) is 8.59. The zero-order chi connectivity index (χ0) is 13.1. The molecule has 18 heavy (non-hydrogen) atoms. The van der Waals surface area contributed by atoms with E-state index in [-0.39, 0.29) is 22.6 Å². The van der Waals surface area contributed by atoms with E-state index >= 15 is 0 Å². The molecule has 0 saturated carbocycles. The van der Waals surface area contributed by atoms with Crippen LogP contribution in [0.25, 0.3) is 0 Å². The van der Waals surface area contributed by atoms with E-state index < -0.39 is 11.8 Å². The van der Waals surface area contributed by atoms with Gasteiger partial charge < -0.3 is 9.84 Å². The molecule has 0 radical (unpaired) electrons. The molecule has 1 aromatic carbocycles. The fraction of sp³-hybridized carbons (Fsp3) is 0. The number of hydrogen-bond donors (Lipinski definition) is 1. The summed E-state index contributed by atoms with van der Waals surface area (Å²) in [6.45, 7) is 3.53. The first-order valence-electron chi connectivity index (χ1n) is 5.22. The lowest BCUT2D eigenvalue weighted by Gasteiger charge is -2.10. The third-order valence-corrected chi connectivity index (χ3v) is 2.39. The van der Waals surface area contributed by atoms with Crippen LogP contribution in [0.4, 0.5) is 0 Å². The van der Waals surface area contributed by atoms with E-state index in [9.17, 15) is 14.7 Å². The average Bonchev–Trinajstić information content (AvgIpc) is 2.35. The number of allylic oxidation sites excluding steroid dienone is 4. The van der Waals surface area contributed by atoms with Crippen LogP contribution < -0.4 is 0 Å². The van der Waals surface area contributed by atoms with Crippen molar-refractivity contribution in [2.24, 2.45) is 0 Å². The number of phenolic OH excluding ortho intramolecular Hbond substituents is 1. The molecule has 4 heteroatoms. The maximum absolute atomic E-state index is 11.8. The molecule has 0 heterocycles. The van der Waals surface area contributed by atoms with Crippen molar-refractivity contribution in [1.82, 2.24) is 0 Å². The van der Waals surface area contributed by atoms with Crippen molar-refractivity contribution in [3.05, 3.63) is 66.0 Å². The normalized spacial score (nSPS) is 14.3. The van der Waals surface area contributed by atoms with Gasteiger partial charge in [0.25, 0.3) is 0 Å². The molecule has 0 bridgehead atoms. The molecule has 4 nitrogen and oxygen atoms in total. The monoisotopic (exact) mass is 242 g/mol. The number of phenols is 1. The standard InChI is InChI=1S/C14H10O4/c1-9-5-4-8-12(13(9)16)18-14(17)10-6-2-3-7-11(10)15/h2-8,15H,1H2. The van der Waals surface area contributed by atoms with Gasteiger partial charge in [0.2, 0.25) is 5.78 Å². The first-order valence-corrected chi connectivity index (χ1v) is 5.22. The van der Waals surface area contributed by atoms with E-state index in [1.165, 1.54) is 24.3 Å². The van der Waals surface area contributed by atoms with Crippen molar-refractivity contribution in [3.63, 3.8) is 0 Å². The van der Waals surface area contributed by atoms with E-state index in [0.717, 1.165) is 0 Å². The minimum absolute atomic E-state index is 0.00589. The lowest BCUT2D eigenvalue weighted by molar-refractivity contribution is -0.114. The SMILES string of the molecule is C=C1C=CC=C(OC(=O)c2ccccc2O)C1=O. The number of hydrogen-bond acceptors (Lipinski definition) is 4. The molecule has 1 aliphatic rings. The molecule has 2 rings (SSSR count). The molecule has 0 amide bonds. The van der Waals surface area contributed by atoms with Gasteiger partial charge in [-0.15, -0.1) is 0 Å². The Morgan fingerprint density at radius 3 is 2.72 bits per heavy atom. The number of ether oxygens (including phenoxy) is 1. The molecule has 0 fully saturated rings. The van der Waals surface area contributed by atoms with Crippen LogP contribution in [0.3, 0.4) is 0 Å². The van der Waals surface area contributed by atoms with E-state index in [0.29, 0.717) is 0 Å². The summed E-state index contributed by atoms with van der Waals surface area (Å²) in [5.41, 5.74) is 0.254. The minimum atomic E-state index is -0.782. The van der Waals surface area contributed by atoms with Crippen molar-refractivity contribution in [1.29, 1.82) is 0 Å². The quantitative estimate of drug-likeness (QED) is 0.637. The zero-order valence-corrected chi connectivity index (χ0v) is 9.42. The number of ketones is 1. The molecule has 0 saturated heterocycles. The predicted molar refractivity (Wildman–Crippen MR) is 64.9 cm³/mol. The number of aromatic hydroxyl groups is 1. The lowest BCUT2D eigenvalue weighted by atomic mass is 10.1. The summed E-state index contributed by atoms with van der Waals surface area (Å²) in [4.78, 5) is 23.4. The predicted octanol–water partition coefficient (Wildman–Crippen LogP) is 2.13. The van der Waals surface area contributed by atoms with Gasteiger partial charge in [0.05, 0.1) is 0 Å². The van der Waals surface area contributed by atoms with Gasteiger partial charge in [-0.2, -0.15) is 0 Å². The molecule has 1 N–H and O–H groups in total. The molecular formula is C14H10O4. The third-order valence-electron chi connectivity index (χ3n) is 2.39. The van der Waals surface area contributed by atoms with Gasteiger partial charge in [-0.05, 0) is 18.2 Å². The Morgan fingerprint density at radius 1 is 1.28 bits per heavy atom. The summed E-state index contributed by atoms with van der Waals surface area (Å²) in [5.74, 6) is -1.52. The fourth-order valence-electron chi connectivity index (χ4n) is 1.44. The summed E-state index contributed by atoms with van der Waals surface area (Å²) in [7, 11) is 0. The van der Waals surface area contributed by atoms with E-state index in [1.54, 1.807) is 18.2 Å². The molecule has 1 aliphatic carbocycles. The summed E-state index contributed by atoms with van der Waals surface area (Å²) in [5, 5.41) is 9.49. The maximum Gasteiger partial charge on any atom is 0.347 e. The van der Waals surface area contributed by atoms with Crippen molar-refractivity contribution < 1.29 is 19.4 Å². The molecule has 0 aromatic heterocycles. The lowest BCUT2D eigenvalue weighted by Crippen LogP contribution is -2.14. The van der Waals surface area contributed by atoms with Gasteiger partial charge in [-0.3, -0.25) is 4.79 Å². The smallest absolute Gasteiger partial charge is 0.347 e. The average molecular weight is 242 g/mol. The van der Waals surface area contributed by atoms with Gasteiger partial charge >= 0.3 is 5.97 Å². The Labute approximate surface area is 104 Å². The van der Waals surface area contributed by atoms with Gasteiger partial charge in [0.1, 0.15) is 11.3 Å². The van der Waals surface area contributed by atoms with Crippen LogP contribution in [-0.4, -0.2) is 16.9 Å². The van der Waals surface area contributed by atoms with E-state index in [1.807, 2.05) is 0 Å². The summed E-state index contributed by atoms with van der Waals surface area (Å²) >= 11 is 0. The van der Waals surface area contributed by atoms with Crippen molar-refractivity contribution in [3.8, 4) is 5.75 Å². The second kappa shape index (κ2) is 4.71. The number of Topliss-reactive ketones (excluding diaryl/α,β-unsaturated/α-hetero) is 1. The molecule has 1 aromatic rings. The summed E-state index contributed by atoms with van der Waals surface area (Å²) in [6.07, 6.45) is 4.48. The van der Waals surface area contributed by atoms with Crippen LogP contribution in [-0.2, 0) is 9.53 Å². The summed E-state index contributed by atoms with van der Waals surface area (Å²) in [6, 6.07) is 5.95. The van der Waals surface area contributed by atoms with Gasteiger partial charge in [-0.1, -0.05) is 30.9 Å². The largest absolute Gasteiger partial charge is 0.507 e. The number of carbonyl (C=O) groups excluding carboxylic acids is 2.